The number of carboxylic acid groups (broad SMARTS) is 1. The van der Waals surface area contributed by atoms with Crippen molar-refractivity contribution < 1.29 is 15.0 Å². The lowest BCUT2D eigenvalue weighted by atomic mass is 10.5. The molecular weight excluding hydrogens is 160 g/mol. The molecule has 0 aliphatic carbocycles. The van der Waals surface area contributed by atoms with Gasteiger partial charge in [-0.3, -0.25) is 4.79 Å². The van der Waals surface area contributed by atoms with Crippen LogP contribution in [0.15, 0.2) is 6.20 Å². The Morgan fingerprint density at radius 2 is 2.42 bits per heavy atom. The quantitative estimate of drug-likeness (QED) is 0.657. The summed E-state index contributed by atoms with van der Waals surface area (Å²) in [5.41, 5.74) is 0.494. The second-order valence-corrected chi connectivity index (χ2v) is 2.46. The highest BCUT2D eigenvalue weighted by Crippen LogP contribution is 2.01. The summed E-state index contributed by atoms with van der Waals surface area (Å²) in [6.07, 6.45) is 1.53. The highest BCUT2D eigenvalue weighted by Gasteiger charge is 2.05. The summed E-state index contributed by atoms with van der Waals surface area (Å²) in [7, 11) is 0. The van der Waals surface area contributed by atoms with E-state index in [1.54, 1.807) is 6.92 Å². The fraction of sp³-hybridized carbons (Fsp3) is 0.429. The molecule has 0 fully saturated rings. The Hall–Kier alpha value is -1.36. The van der Waals surface area contributed by atoms with Crippen LogP contribution in [0.25, 0.3) is 0 Å². The van der Waals surface area contributed by atoms with Gasteiger partial charge in [-0.15, -0.1) is 0 Å². The maximum atomic E-state index is 10.3. The van der Waals surface area contributed by atoms with Gasteiger partial charge in [-0.2, -0.15) is 0 Å². The number of aromatic nitrogens is 2. The Balaban J connectivity index is 2.84. The van der Waals surface area contributed by atoms with Crippen LogP contribution in [-0.2, 0) is 17.9 Å². The van der Waals surface area contributed by atoms with Crippen molar-refractivity contribution in [3.8, 4) is 0 Å². The van der Waals surface area contributed by atoms with Gasteiger partial charge in [-0.05, 0) is 6.92 Å². The second kappa shape index (κ2) is 3.36. The van der Waals surface area contributed by atoms with Crippen LogP contribution in [0.5, 0.6) is 0 Å². The van der Waals surface area contributed by atoms with Crippen molar-refractivity contribution in [2.24, 2.45) is 0 Å². The number of imidazole rings is 1. The fourth-order valence-electron chi connectivity index (χ4n) is 0.956. The van der Waals surface area contributed by atoms with Gasteiger partial charge in [0.2, 0.25) is 0 Å². The van der Waals surface area contributed by atoms with Crippen LogP contribution in [0.3, 0.4) is 0 Å². The molecule has 0 aromatic carbocycles. The van der Waals surface area contributed by atoms with Crippen LogP contribution in [0.4, 0.5) is 0 Å². The van der Waals surface area contributed by atoms with Crippen molar-refractivity contribution in [1.29, 1.82) is 0 Å². The Morgan fingerprint density at radius 3 is 2.83 bits per heavy atom. The van der Waals surface area contributed by atoms with E-state index in [-0.39, 0.29) is 13.2 Å². The van der Waals surface area contributed by atoms with Crippen molar-refractivity contribution >= 4 is 5.97 Å². The van der Waals surface area contributed by atoms with Crippen LogP contribution in [0.1, 0.15) is 11.5 Å². The zero-order chi connectivity index (χ0) is 9.14. The van der Waals surface area contributed by atoms with Crippen molar-refractivity contribution in [2.45, 2.75) is 20.1 Å². The average molecular weight is 170 g/mol. The molecular formula is C7H10N2O3. The van der Waals surface area contributed by atoms with Crippen LogP contribution in [-0.4, -0.2) is 25.7 Å². The minimum atomic E-state index is -0.917. The maximum absolute atomic E-state index is 10.3. The van der Waals surface area contributed by atoms with Crippen LogP contribution in [0.2, 0.25) is 0 Å². The van der Waals surface area contributed by atoms with Crippen LogP contribution < -0.4 is 0 Å². The number of aliphatic carboxylic acids is 1. The minimum Gasteiger partial charge on any atom is -0.480 e. The smallest absolute Gasteiger partial charge is 0.323 e. The first-order valence-corrected chi connectivity index (χ1v) is 3.48. The number of aryl methyl sites for hydroxylation is 1. The van der Waals surface area contributed by atoms with Gasteiger partial charge in [0.05, 0.1) is 12.3 Å². The summed E-state index contributed by atoms with van der Waals surface area (Å²) < 4.78 is 1.48. The molecule has 1 heterocycles. The minimum absolute atomic E-state index is 0.112. The zero-order valence-corrected chi connectivity index (χ0v) is 6.69. The molecule has 0 bridgehead atoms. The number of hydrogen-bond donors (Lipinski definition) is 2. The molecule has 1 rings (SSSR count). The highest BCUT2D eigenvalue weighted by molar-refractivity contribution is 5.66. The van der Waals surface area contributed by atoms with Crippen LogP contribution in [0, 0.1) is 6.92 Å². The number of nitrogens with zero attached hydrogens (tertiary/aromatic N) is 2. The van der Waals surface area contributed by atoms with E-state index >= 15 is 0 Å². The Morgan fingerprint density at radius 1 is 1.75 bits per heavy atom. The molecule has 2 N–H and O–H groups in total. The van der Waals surface area contributed by atoms with E-state index < -0.39 is 5.97 Å². The molecule has 0 spiro atoms. The molecule has 1 aromatic heterocycles. The SMILES string of the molecule is Cc1nc(CO)cn1CC(=O)O. The lowest BCUT2D eigenvalue weighted by Crippen LogP contribution is -2.08. The third-order valence-electron chi connectivity index (χ3n) is 1.49. The van der Waals surface area contributed by atoms with Gasteiger partial charge in [0.1, 0.15) is 12.4 Å². The number of carbonyl (C=O) groups is 1. The van der Waals surface area contributed by atoms with Crippen molar-refractivity contribution in [2.75, 3.05) is 0 Å². The second-order valence-electron chi connectivity index (χ2n) is 2.46. The fourth-order valence-corrected chi connectivity index (χ4v) is 0.956. The monoisotopic (exact) mass is 170 g/mol. The zero-order valence-electron chi connectivity index (χ0n) is 6.69. The number of hydrogen-bond acceptors (Lipinski definition) is 3. The molecule has 12 heavy (non-hydrogen) atoms. The number of aliphatic hydroxyl groups is 1. The topological polar surface area (TPSA) is 75.4 Å². The first-order chi connectivity index (χ1) is 5.63. The summed E-state index contributed by atoms with van der Waals surface area (Å²) >= 11 is 0. The standard InChI is InChI=1S/C7H10N2O3/c1-5-8-6(4-10)2-9(5)3-7(11)12/h2,10H,3-4H2,1H3,(H,11,12). The van der Waals surface area contributed by atoms with Gasteiger partial charge in [0, 0.05) is 6.20 Å². The molecule has 0 aliphatic rings. The lowest BCUT2D eigenvalue weighted by Gasteiger charge is -1.97. The molecule has 1 aromatic rings. The van der Waals surface area contributed by atoms with E-state index in [9.17, 15) is 4.79 Å². The third kappa shape index (κ3) is 1.82. The molecule has 66 valence electrons. The van der Waals surface area contributed by atoms with Gasteiger partial charge in [-0.1, -0.05) is 0 Å². The largest absolute Gasteiger partial charge is 0.480 e. The van der Waals surface area contributed by atoms with Gasteiger partial charge in [0.15, 0.2) is 0 Å². The molecule has 0 aliphatic heterocycles. The maximum Gasteiger partial charge on any atom is 0.323 e. The Bertz CT molecular complexity index is 293. The Labute approximate surface area is 69.3 Å². The van der Waals surface area contributed by atoms with E-state index in [4.69, 9.17) is 10.2 Å². The predicted octanol–water partition coefficient (Wildman–Crippen LogP) is -0.232. The Kier molecular flexibility index (Phi) is 2.44. The van der Waals surface area contributed by atoms with E-state index in [0.29, 0.717) is 11.5 Å². The van der Waals surface area contributed by atoms with E-state index in [1.807, 2.05) is 0 Å². The van der Waals surface area contributed by atoms with Gasteiger partial charge in [-0.25, -0.2) is 4.98 Å². The predicted molar refractivity (Wildman–Crippen MR) is 40.5 cm³/mol. The lowest BCUT2D eigenvalue weighted by molar-refractivity contribution is -0.137. The number of rotatable bonds is 3. The van der Waals surface area contributed by atoms with Crippen molar-refractivity contribution in [1.82, 2.24) is 9.55 Å². The third-order valence-corrected chi connectivity index (χ3v) is 1.49. The average Bonchev–Trinajstić information content (AvgIpc) is 2.31. The summed E-state index contributed by atoms with van der Waals surface area (Å²) in [5, 5.41) is 17.1. The van der Waals surface area contributed by atoms with E-state index in [0.717, 1.165) is 0 Å². The molecule has 0 radical (unpaired) electrons. The van der Waals surface area contributed by atoms with Gasteiger partial charge < -0.3 is 14.8 Å². The molecule has 5 nitrogen and oxygen atoms in total. The molecule has 0 amide bonds. The summed E-state index contributed by atoms with van der Waals surface area (Å²) in [5.74, 6) is -0.318. The first kappa shape index (κ1) is 8.73. The first-order valence-electron chi connectivity index (χ1n) is 3.48. The van der Waals surface area contributed by atoms with E-state index in [1.165, 1.54) is 10.8 Å². The van der Waals surface area contributed by atoms with Gasteiger partial charge >= 0.3 is 5.97 Å². The van der Waals surface area contributed by atoms with Gasteiger partial charge in [0.25, 0.3) is 0 Å². The molecule has 0 unspecified atom stereocenters. The molecule has 0 saturated heterocycles. The highest BCUT2D eigenvalue weighted by atomic mass is 16.4. The van der Waals surface area contributed by atoms with Crippen molar-refractivity contribution in [3.05, 3.63) is 17.7 Å². The van der Waals surface area contributed by atoms with Crippen LogP contribution >= 0.6 is 0 Å². The summed E-state index contributed by atoms with van der Waals surface area (Å²) in [6, 6.07) is 0. The van der Waals surface area contributed by atoms with E-state index in [2.05, 4.69) is 4.98 Å². The molecule has 0 saturated carbocycles. The summed E-state index contributed by atoms with van der Waals surface area (Å²) in [6.45, 7) is 1.42. The summed E-state index contributed by atoms with van der Waals surface area (Å²) in [4.78, 5) is 14.2. The normalized spacial score (nSPS) is 10.2. The molecule has 5 heteroatoms. The number of carboxylic acids is 1. The van der Waals surface area contributed by atoms with Crippen molar-refractivity contribution in [3.63, 3.8) is 0 Å². The number of aliphatic hydroxyl groups excluding tert-OH is 1. The molecule has 0 atom stereocenters.